The third-order valence-electron chi connectivity index (χ3n) is 4.97. The molecule has 0 spiro atoms. The predicted molar refractivity (Wildman–Crippen MR) is 102 cm³/mol. The van der Waals surface area contributed by atoms with Gasteiger partial charge in [0.05, 0.1) is 10.0 Å². The van der Waals surface area contributed by atoms with E-state index in [4.69, 9.17) is 28.3 Å². The number of halogens is 2. The van der Waals surface area contributed by atoms with Crippen LogP contribution >= 0.6 is 23.2 Å². The van der Waals surface area contributed by atoms with E-state index in [0.29, 0.717) is 22.5 Å². The molecule has 0 bridgehead atoms. The fourth-order valence-corrected chi connectivity index (χ4v) is 3.98. The topological polar surface area (TPSA) is 49.3 Å². The maximum Gasteiger partial charge on any atom is 0.303 e. The molecule has 0 unspecified atom stereocenters. The number of hydrogen-bond acceptors (Lipinski definition) is 2. The third kappa shape index (κ3) is 4.00. The Hall–Kier alpha value is -1.55. The average Bonchev–Trinajstić information content (AvgIpc) is 2.61. The van der Waals surface area contributed by atoms with Crippen molar-refractivity contribution in [2.75, 3.05) is 7.05 Å². The summed E-state index contributed by atoms with van der Waals surface area (Å²) in [5, 5.41) is 13.4. The molecule has 2 aromatic rings. The van der Waals surface area contributed by atoms with E-state index in [1.165, 1.54) is 16.7 Å². The van der Waals surface area contributed by atoms with Gasteiger partial charge in [-0.25, -0.2) is 0 Å². The third-order valence-corrected chi connectivity index (χ3v) is 5.71. The van der Waals surface area contributed by atoms with Gasteiger partial charge in [0.2, 0.25) is 0 Å². The van der Waals surface area contributed by atoms with Crippen LogP contribution in [-0.4, -0.2) is 18.1 Å². The Balaban J connectivity index is 1.97. The number of carboxylic acid groups (broad SMARTS) is 1. The monoisotopic (exact) mass is 377 g/mol. The van der Waals surface area contributed by atoms with Gasteiger partial charge < -0.3 is 10.4 Å². The molecule has 0 aromatic heterocycles. The van der Waals surface area contributed by atoms with E-state index in [1.807, 2.05) is 31.3 Å². The van der Waals surface area contributed by atoms with E-state index in [-0.39, 0.29) is 12.3 Å². The number of hydrogen-bond donors (Lipinski definition) is 2. The minimum atomic E-state index is -0.767. The van der Waals surface area contributed by atoms with Crippen molar-refractivity contribution in [2.45, 2.75) is 37.6 Å². The second-order valence-corrected chi connectivity index (χ2v) is 7.32. The Labute approximate surface area is 158 Å². The molecule has 2 aromatic carbocycles. The Morgan fingerprint density at radius 3 is 2.60 bits per heavy atom. The predicted octanol–water partition coefficient (Wildman–Crippen LogP) is 5.20. The van der Waals surface area contributed by atoms with E-state index < -0.39 is 5.97 Å². The molecule has 2 atom stereocenters. The first-order valence-electron chi connectivity index (χ1n) is 8.46. The molecule has 3 nitrogen and oxygen atoms in total. The highest BCUT2D eigenvalue weighted by Gasteiger charge is 2.28. The van der Waals surface area contributed by atoms with Crippen molar-refractivity contribution in [3.05, 3.63) is 68.7 Å². The summed E-state index contributed by atoms with van der Waals surface area (Å²) in [4.78, 5) is 10.8. The zero-order chi connectivity index (χ0) is 18.0. The molecule has 0 fully saturated rings. The van der Waals surface area contributed by atoms with Crippen molar-refractivity contribution < 1.29 is 9.90 Å². The second kappa shape index (κ2) is 7.77. The minimum Gasteiger partial charge on any atom is -0.481 e. The summed E-state index contributed by atoms with van der Waals surface area (Å²) < 4.78 is 0. The Morgan fingerprint density at radius 1 is 1.12 bits per heavy atom. The minimum absolute atomic E-state index is 0.152. The number of aliphatic carboxylic acids is 1. The van der Waals surface area contributed by atoms with E-state index in [9.17, 15) is 4.79 Å². The van der Waals surface area contributed by atoms with Crippen molar-refractivity contribution in [3.63, 3.8) is 0 Å². The van der Waals surface area contributed by atoms with Crippen molar-refractivity contribution in [1.29, 1.82) is 0 Å². The van der Waals surface area contributed by atoms with Gasteiger partial charge in [-0.3, -0.25) is 4.79 Å². The molecule has 0 amide bonds. The first-order chi connectivity index (χ1) is 12.0. The molecule has 3 rings (SSSR count). The molecule has 132 valence electrons. The number of rotatable bonds is 5. The van der Waals surface area contributed by atoms with Crippen LogP contribution in [0.2, 0.25) is 10.0 Å². The molecular formula is C20H21Cl2NO2. The van der Waals surface area contributed by atoms with Crippen LogP contribution in [0.25, 0.3) is 0 Å². The van der Waals surface area contributed by atoms with Gasteiger partial charge >= 0.3 is 5.97 Å². The molecule has 0 heterocycles. The van der Waals surface area contributed by atoms with Crippen LogP contribution in [0.3, 0.4) is 0 Å². The van der Waals surface area contributed by atoms with Crippen LogP contribution in [0.4, 0.5) is 0 Å². The fraction of sp³-hybridized carbons (Fsp3) is 0.350. The lowest BCUT2D eigenvalue weighted by molar-refractivity contribution is -0.136. The van der Waals surface area contributed by atoms with Crippen LogP contribution in [0.1, 0.15) is 53.5 Å². The smallest absolute Gasteiger partial charge is 0.303 e. The highest BCUT2D eigenvalue weighted by Crippen LogP contribution is 2.42. The molecule has 0 radical (unpaired) electrons. The van der Waals surface area contributed by atoms with Crippen LogP contribution in [0, 0.1) is 0 Å². The first-order valence-corrected chi connectivity index (χ1v) is 9.22. The summed E-state index contributed by atoms with van der Waals surface area (Å²) in [7, 11) is 1.97. The van der Waals surface area contributed by atoms with Gasteiger partial charge in [0.15, 0.2) is 0 Å². The van der Waals surface area contributed by atoms with E-state index in [2.05, 4.69) is 17.4 Å². The van der Waals surface area contributed by atoms with Crippen LogP contribution in [-0.2, 0) is 11.2 Å². The molecule has 1 aliphatic rings. The lowest BCUT2D eigenvalue weighted by Crippen LogP contribution is -2.24. The average molecular weight is 378 g/mol. The molecule has 1 aliphatic carbocycles. The van der Waals surface area contributed by atoms with Crippen LogP contribution < -0.4 is 5.32 Å². The summed E-state index contributed by atoms with van der Waals surface area (Å²) in [6, 6.07) is 12.5. The highest BCUT2D eigenvalue weighted by atomic mass is 35.5. The van der Waals surface area contributed by atoms with Crippen molar-refractivity contribution in [1.82, 2.24) is 5.32 Å². The Bertz CT molecular complexity index is 791. The Morgan fingerprint density at radius 2 is 1.92 bits per heavy atom. The van der Waals surface area contributed by atoms with Gasteiger partial charge in [0.1, 0.15) is 0 Å². The summed E-state index contributed by atoms with van der Waals surface area (Å²) in [5.74, 6) is -0.487. The Kier molecular flexibility index (Phi) is 5.67. The van der Waals surface area contributed by atoms with E-state index in [0.717, 1.165) is 18.4 Å². The molecule has 0 saturated carbocycles. The quantitative estimate of drug-likeness (QED) is 0.752. The molecule has 2 N–H and O–H groups in total. The highest BCUT2D eigenvalue weighted by molar-refractivity contribution is 6.42. The standard InChI is InChI=1S/C20H21Cl2NO2/c1-23-19-8-6-14(13-4-7-17(21)18(22)11-13)15-5-2-12(10-16(15)19)3-9-20(24)25/h2,4-5,7,10-11,14,19,23H,3,6,8-9H2,1H3,(H,24,25)/t14-,19-/m0/s1. The van der Waals surface area contributed by atoms with Gasteiger partial charge in [-0.1, -0.05) is 47.5 Å². The summed E-state index contributed by atoms with van der Waals surface area (Å²) in [5.41, 5.74) is 4.77. The fourth-order valence-electron chi connectivity index (χ4n) is 3.67. The molecule has 5 heteroatoms. The normalized spacial score (nSPS) is 19.5. The first kappa shape index (κ1) is 18.2. The van der Waals surface area contributed by atoms with Crippen molar-refractivity contribution in [3.8, 4) is 0 Å². The number of benzene rings is 2. The largest absolute Gasteiger partial charge is 0.481 e. The number of fused-ring (bicyclic) bond motifs is 1. The molecule has 0 aliphatic heterocycles. The van der Waals surface area contributed by atoms with Gasteiger partial charge in [0.25, 0.3) is 0 Å². The number of aryl methyl sites for hydroxylation is 1. The zero-order valence-electron chi connectivity index (χ0n) is 14.1. The van der Waals surface area contributed by atoms with Crippen LogP contribution in [0.15, 0.2) is 36.4 Å². The number of carbonyl (C=O) groups is 1. The van der Waals surface area contributed by atoms with E-state index in [1.54, 1.807) is 0 Å². The maximum absolute atomic E-state index is 10.8. The maximum atomic E-state index is 10.8. The summed E-state index contributed by atoms with van der Waals surface area (Å²) in [6.45, 7) is 0. The molecule has 25 heavy (non-hydrogen) atoms. The van der Waals surface area contributed by atoms with E-state index >= 15 is 0 Å². The van der Waals surface area contributed by atoms with Crippen molar-refractivity contribution >= 4 is 29.2 Å². The number of nitrogens with one attached hydrogen (secondary N) is 1. The molecular weight excluding hydrogens is 357 g/mol. The summed E-state index contributed by atoms with van der Waals surface area (Å²) in [6.07, 6.45) is 2.76. The zero-order valence-corrected chi connectivity index (χ0v) is 15.6. The summed E-state index contributed by atoms with van der Waals surface area (Å²) >= 11 is 12.3. The van der Waals surface area contributed by atoms with Gasteiger partial charge in [0, 0.05) is 18.4 Å². The van der Waals surface area contributed by atoms with Crippen molar-refractivity contribution in [2.24, 2.45) is 0 Å². The SMILES string of the molecule is CN[C@H]1CC[C@@H](c2ccc(Cl)c(Cl)c2)c2ccc(CCC(=O)O)cc21. The van der Waals surface area contributed by atoms with Crippen LogP contribution in [0.5, 0.6) is 0 Å². The second-order valence-electron chi connectivity index (χ2n) is 6.50. The van der Waals surface area contributed by atoms with Gasteiger partial charge in [-0.2, -0.15) is 0 Å². The molecule has 0 saturated heterocycles. The van der Waals surface area contributed by atoms with Gasteiger partial charge in [-0.05, 0) is 60.7 Å². The van der Waals surface area contributed by atoms with Gasteiger partial charge in [-0.15, -0.1) is 0 Å². The number of carboxylic acids is 1. The lowest BCUT2D eigenvalue weighted by Gasteiger charge is -2.32. The lowest BCUT2D eigenvalue weighted by atomic mass is 9.76.